The van der Waals surface area contributed by atoms with Gasteiger partial charge in [-0.1, -0.05) is 12.8 Å². The summed E-state index contributed by atoms with van der Waals surface area (Å²) in [6, 6.07) is 4.17. The van der Waals surface area contributed by atoms with E-state index in [2.05, 4.69) is 22.0 Å². The van der Waals surface area contributed by atoms with Crippen LogP contribution in [0.5, 0.6) is 0 Å². The maximum atomic E-state index is 10.7. The van der Waals surface area contributed by atoms with Crippen LogP contribution in [-0.4, -0.2) is 33.7 Å². The van der Waals surface area contributed by atoms with E-state index in [9.17, 15) is 5.11 Å². The molecular weight excluding hydrogens is 250 g/mol. The van der Waals surface area contributed by atoms with E-state index in [1.54, 1.807) is 0 Å². The number of likely N-dealkylation sites (tertiary alicyclic amines) is 1. The van der Waals surface area contributed by atoms with Crippen LogP contribution >= 0.6 is 0 Å². The number of hydrogen-bond donors (Lipinski definition) is 2. The van der Waals surface area contributed by atoms with Crippen molar-refractivity contribution in [1.29, 1.82) is 0 Å². The van der Waals surface area contributed by atoms with Crippen molar-refractivity contribution in [3.05, 3.63) is 29.6 Å². The van der Waals surface area contributed by atoms with Crippen LogP contribution in [0.1, 0.15) is 43.4 Å². The number of fused-ring (bicyclic) bond motifs is 1. The van der Waals surface area contributed by atoms with E-state index < -0.39 is 0 Å². The van der Waals surface area contributed by atoms with Gasteiger partial charge >= 0.3 is 0 Å². The normalized spacial score (nSPS) is 31.0. The molecule has 3 N–H and O–H groups in total. The molecule has 1 aromatic rings. The predicted molar refractivity (Wildman–Crippen MR) is 78.9 cm³/mol. The van der Waals surface area contributed by atoms with Crippen LogP contribution in [0.2, 0.25) is 0 Å². The Morgan fingerprint density at radius 1 is 1.40 bits per heavy atom. The number of nitrogens with two attached hydrogens (primary N) is 1. The van der Waals surface area contributed by atoms with E-state index in [0.717, 1.165) is 38.2 Å². The minimum Gasteiger partial charge on any atom is -0.390 e. The van der Waals surface area contributed by atoms with Crippen molar-refractivity contribution < 1.29 is 5.11 Å². The molecule has 2 unspecified atom stereocenters. The number of nitrogens with zero attached hydrogens (tertiary/aromatic N) is 2. The van der Waals surface area contributed by atoms with Crippen molar-refractivity contribution >= 4 is 0 Å². The quantitative estimate of drug-likeness (QED) is 0.881. The number of piperidine rings is 1. The van der Waals surface area contributed by atoms with E-state index >= 15 is 0 Å². The maximum Gasteiger partial charge on any atom is 0.0700 e. The first-order chi connectivity index (χ1) is 9.69. The second-order valence-electron chi connectivity index (χ2n) is 6.39. The minimum absolute atomic E-state index is 0.380. The Balaban J connectivity index is 1.64. The molecule has 2 heterocycles. The summed E-state index contributed by atoms with van der Waals surface area (Å²) in [5.41, 5.74) is 7.50. The summed E-state index contributed by atoms with van der Waals surface area (Å²) in [4.78, 5) is 6.72. The molecule has 2 atom stereocenters. The van der Waals surface area contributed by atoms with Gasteiger partial charge in [0, 0.05) is 38.3 Å². The van der Waals surface area contributed by atoms with Gasteiger partial charge in [0.1, 0.15) is 0 Å². The van der Waals surface area contributed by atoms with Gasteiger partial charge in [-0.15, -0.1) is 0 Å². The highest BCUT2D eigenvalue weighted by Gasteiger charge is 2.42. The zero-order chi connectivity index (χ0) is 14.0. The summed E-state index contributed by atoms with van der Waals surface area (Å²) in [5, 5.41) is 10.7. The molecule has 2 fully saturated rings. The predicted octanol–water partition coefficient (Wildman–Crippen LogP) is 1.67. The van der Waals surface area contributed by atoms with Crippen LogP contribution in [0.4, 0.5) is 0 Å². The SMILES string of the molecule is NCc1cc(CN2CCC3(O)CCCCC3C2)ccn1. The zero-order valence-corrected chi connectivity index (χ0v) is 12.1. The first-order valence-electron chi connectivity index (χ1n) is 7.78. The molecule has 2 aliphatic rings. The lowest BCUT2D eigenvalue weighted by Crippen LogP contribution is -2.52. The lowest BCUT2D eigenvalue weighted by molar-refractivity contribution is -0.0967. The van der Waals surface area contributed by atoms with Crippen molar-refractivity contribution in [1.82, 2.24) is 9.88 Å². The molecule has 4 nitrogen and oxygen atoms in total. The molecule has 0 amide bonds. The van der Waals surface area contributed by atoms with E-state index in [0.29, 0.717) is 12.5 Å². The van der Waals surface area contributed by atoms with Gasteiger partial charge in [-0.3, -0.25) is 9.88 Å². The topological polar surface area (TPSA) is 62.4 Å². The van der Waals surface area contributed by atoms with Crippen LogP contribution in [0.15, 0.2) is 18.3 Å². The number of aliphatic hydroxyl groups is 1. The van der Waals surface area contributed by atoms with Gasteiger partial charge in [-0.25, -0.2) is 0 Å². The molecular formula is C16H25N3O. The fraction of sp³-hybridized carbons (Fsp3) is 0.688. The van der Waals surface area contributed by atoms with Gasteiger partial charge in [0.15, 0.2) is 0 Å². The first kappa shape index (κ1) is 14.0. The molecule has 1 saturated carbocycles. The Morgan fingerprint density at radius 2 is 2.30 bits per heavy atom. The smallest absolute Gasteiger partial charge is 0.0700 e. The monoisotopic (exact) mass is 275 g/mol. The van der Waals surface area contributed by atoms with Crippen molar-refractivity contribution in [2.45, 2.75) is 50.8 Å². The van der Waals surface area contributed by atoms with Crippen LogP contribution < -0.4 is 5.73 Å². The summed E-state index contributed by atoms with van der Waals surface area (Å²) < 4.78 is 0. The molecule has 1 aliphatic carbocycles. The third kappa shape index (κ3) is 2.87. The zero-order valence-electron chi connectivity index (χ0n) is 12.1. The second kappa shape index (κ2) is 5.80. The fourth-order valence-electron chi connectivity index (χ4n) is 3.78. The second-order valence-corrected chi connectivity index (χ2v) is 6.39. The molecule has 1 saturated heterocycles. The highest BCUT2D eigenvalue weighted by Crippen LogP contribution is 2.39. The number of pyridine rings is 1. The average Bonchev–Trinajstić information content (AvgIpc) is 2.48. The largest absolute Gasteiger partial charge is 0.390 e. The molecule has 4 heteroatoms. The van der Waals surface area contributed by atoms with Crippen LogP contribution in [-0.2, 0) is 13.1 Å². The number of rotatable bonds is 3. The summed E-state index contributed by atoms with van der Waals surface area (Å²) >= 11 is 0. The van der Waals surface area contributed by atoms with E-state index in [1.165, 1.54) is 24.8 Å². The Hall–Kier alpha value is -0.970. The van der Waals surface area contributed by atoms with Crippen molar-refractivity contribution in [2.24, 2.45) is 11.7 Å². The van der Waals surface area contributed by atoms with E-state index in [4.69, 9.17) is 5.73 Å². The lowest BCUT2D eigenvalue weighted by Gasteiger charge is -2.47. The van der Waals surface area contributed by atoms with Gasteiger partial charge in [0.25, 0.3) is 0 Å². The van der Waals surface area contributed by atoms with Crippen molar-refractivity contribution in [2.75, 3.05) is 13.1 Å². The fourth-order valence-corrected chi connectivity index (χ4v) is 3.78. The van der Waals surface area contributed by atoms with Gasteiger partial charge in [0.2, 0.25) is 0 Å². The van der Waals surface area contributed by atoms with Crippen LogP contribution in [0.3, 0.4) is 0 Å². The van der Waals surface area contributed by atoms with Crippen LogP contribution in [0.25, 0.3) is 0 Å². The lowest BCUT2D eigenvalue weighted by atomic mass is 9.71. The minimum atomic E-state index is -0.380. The molecule has 110 valence electrons. The Morgan fingerprint density at radius 3 is 3.15 bits per heavy atom. The number of hydrogen-bond acceptors (Lipinski definition) is 4. The molecule has 20 heavy (non-hydrogen) atoms. The van der Waals surface area contributed by atoms with Crippen molar-refractivity contribution in [3.8, 4) is 0 Å². The van der Waals surface area contributed by atoms with Gasteiger partial charge in [-0.2, -0.15) is 0 Å². The van der Waals surface area contributed by atoms with Gasteiger partial charge < -0.3 is 10.8 Å². The molecule has 1 aromatic heterocycles. The summed E-state index contributed by atoms with van der Waals surface area (Å²) in [7, 11) is 0. The number of aromatic nitrogens is 1. The molecule has 0 aromatic carbocycles. The van der Waals surface area contributed by atoms with E-state index in [-0.39, 0.29) is 5.60 Å². The summed E-state index contributed by atoms with van der Waals surface area (Å²) in [6.45, 7) is 3.46. The average molecular weight is 275 g/mol. The Kier molecular flexibility index (Phi) is 4.06. The first-order valence-corrected chi connectivity index (χ1v) is 7.78. The Labute approximate surface area is 121 Å². The van der Waals surface area contributed by atoms with Gasteiger partial charge in [0.05, 0.1) is 11.3 Å². The summed E-state index contributed by atoms with van der Waals surface area (Å²) in [6.07, 6.45) is 7.41. The molecule has 1 aliphatic heterocycles. The van der Waals surface area contributed by atoms with Crippen LogP contribution in [0, 0.1) is 5.92 Å². The van der Waals surface area contributed by atoms with Crippen molar-refractivity contribution in [3.63, 3.8) is 0 Å². The highest BCUT2D eigenvalue weighted by atomic mass is 16.3. The van der Waals surface area contributed by atoms with Gasteiger partial charge in [-0.05, 0) is 37.0 Å². The van der Waals surface area contributed by atoms with E-state index in [1.807, 2.05) is 6.20 Å². The maximum absolute atomic E-state index is 10.7. The third-order valence-corrected chi connectivity index (χ3v) is 5.01. The third-order valence-electron chi connectivity index (χ3n) is 5.01. The molecule has 0 spiro atoms. The summed E-state index contributed by atoms with van der Waals surface area (Å²) in [5.74, 6) is 0.459. The standard InChI is InChI=1S/C16H25N3O/c17-10-15-9-13(4-7-18-15)11-19-8-6-16(20)5-2-1-3-14(16)12-19/h4,7,9,14,20H,1-3,5-6,8,10-12,17H2. The molecule has 3 rings (SSSR count). The highest BCUT2D eigenvalue weighted by molar-refractivity contribution is 5.16. The Bertz CT molecular complexity index is 465. The molecule has 0 bridgehead atoms. The molecule has 0 radical (unpaired) electrons.